The van der Waals surface area contributed by atoms with Gasteiger partial charge >= 0.3 is 0 Å². The van der Waals surface area contributed by atoms with Crippen molar-refractivity contribution in [1.29, 1.82) is 0 Å². The van der Waals surface area contributed by atoms with E-state index in [-0.39, 0.29) is 4.90 Å². The smallest absolute Gasteiger partial charge is 0.240 e. The molecule has 0 spiro atoms. The van der Waals surface area contributed by atoms with Gasteiger partial charge < -0.3 is 15.2 Å². The van der Waals surface area contributed by atoms with Crippen LogP contribution in [0.4, 0.5) is 0 Å². The van der Waals surface area contributed by atoms with Crippen LogP contribution in [-0.4, -0.2) is 41.9 Å². The Morgan fingerprint density at radius 2 is 2.00 bits per heavy atom. The van der Waals surface area contributed by atoms with Crippen molar-refractivity contribution in [1.82, 2.24) is 4.72 Å². The number of rotatable bonds is 11. The molecule has 1 aromatic rings. The highest BCUT2D eigenvalue weighted by atomic mass is 32.2. The fourth-order valence-corrected chi connectivity index (χ4v) is 2.85. The molecule has 0 fully saturated rings. The lowest BCUT2D eigenvalue weighted by atomic mass is 10.2. The summed E-state index contributed by atoms with van der Waals surface area (Å²) >= 11 is 0. The highest BCUT2D eigenvalue weighted by Gasteiger charge is 2.13. The highest BCUT2D eigenvalue weighted by Crippen LogP contribution is 2.11. The van der Waals surface area contributed by atoms with E-state index >= 15 is 0 Å². The first-order chi connectivity index (χ1) is 10.1. The van der Waals surface area contributed by atoms with Crippen molar-refractivity contribution < 1.29 is 17.9 Å². The van der Waals surface area contributed by atoms with Gasteiger partial charge in [-0.15, -0.1) is 0 Å². The Hall–Kier alpha value is -0.990. The third-order valence-electron chi connectivity index (χ3n) is 2.88. The van der Waals surface area contributed by atoms with Gasteiger partial charge in [0, 0.05) is 26.8 Å². The maximum atomic E-state index is 12.1. The standard InChI is InChI=1S/C14H24N2O4S/c1-19-9-10-20-8-3-2-7-16-21(17,18)14-6-4-5-13(11-14)12-15/h4-6,11,16H,2-3,7-10,12,15H2,1H3. The summed E-state index contributed by atoms with van der Waals surface area (Å²) in [6.07, 6.45) is 1.53. The second kappa shape index (κ2) is 9.86. The molecule has 6 nitrogen and oxygen atoms in total. The maximum Gasteiger partial charge on any atom is 0.240 e. The molecule has 0 bridgehead atoms. The predicted molar refractivity (Wildman–Crippen MR) is 81.5 cm³/mol. The molecule has 0 heterocycles. The van der Waals surface area contributed by atoms with Crippen LogP contribution in [0, 0.1) is 0 Å². The number of unbranched alkanes of at least 4 members (excludes halogenated alkanes) is 1. The Morgan fingerprint density at radius 3 is 2.71 bits per heavy atom. The SMILES string of the molecule is COCCOCCCCNS(=O)(=O)c1cccc(CN)c1. The molecule has 0 saturated heterocycles. The average molecular weight is 316 g/mol. The van der Waals surface area contributed by atoms with Crippen LogP contribution in [0.5, 0.6) is 0 Å². The fourth-order valence-electron chi connectivity index (χ4n) is 1.70. The van der Waals surface area contributed by atoms with Crippen LogP contribution in [-0.2, 0) is 26.0 Å². The number of ether oxygens (including phenoxy) is 2. The zero-order chi connectivity index (χ0) is 15.6. The summed E-state index contributed by atoms with van der Waals surface area (Å²) in [5.74, 6) is 0. The highest BCUT2D eigenvalue weighted by molar-refractivity contribution is 7.89. The monoisotopic (exact) mass is 316 g/mol. The number of sulfonamides is 1. The van der Waals surface area contributed by atoms with Gasteiger partial charge in [-0.1, -0.05) is 12.1 Å². The minimum Gasteiger partial charge on any atom is -0.382 e. The Kier molecular flexibility index (Phi) is 8.48. The number of methoxy groups -OCH3 is 1. The van der Waals surface area contributed by atoms with Crippen LogP contribution in [0.1, 0.15) is 18.4 Å². The van der Waals surface area contributed by atoms with Crippen molar-refractivity contribution in [2.45, 2.75) is 24.3 Å². The van der Waals surface area contributed by atoms with E-state index in [4.69, 9.17) is 15.2 Å². The lowest BCUT2D eigenvalue weighted by Gasteiger charge is -2.08. The molecule has 0 amide bonds. The summed E-state index contributed by atoms with van der Waals surface area (Å²) in [5, 5.41) is 0. The van der Waals surface area contributed by atoms with Crippen molar-refractivity contribution in [2.75, 3.05) is 33.5 Å². The van der Waals surface area contributed by atoms with Crippen molar-refractivity contribution in [3.8, 4) is 0 Å². The first-order valence-corrected chi connectivity index (χ1v) is 8.44. The first-order valence-electron chi connectivity index (χ1n) is 6.95. The lowest BCUT2D eigenvalue weighted by molar-refractivity contribution is 0.0689. The van der Waals surface area contributed by atoms with E-state index < -0.39 is 10.0 Å². The van der Waals surface area contributed by atoms with Crippen LogP contribution < -0.4 is 10.5 Å². The number of hydrogen-bond acceptors (Lipinski definition) is 5. The first kappa shape index (κ1) is 18.1. The van der Waals surface area contributed by atoms with Gasteiger partial charge in [-0.05, 0) is 30.5 Å². The molecule has 0 aliphatic rings. The van der Waals surface area contributed by atoms with Gasteiger partial charge in [0.2, 0.25) is 10.0 Å². The molecule has 0 atom stereocenters. The van der Waals surface area contributed by atoms with Gasteiger partial charge in [-0.3, -0.25) is 0 Å². The lowest BCUT2D eigenvalue weighted by Crippen LogP contribution is -2.25. The summed E-state index contributed by atoms with van der Waals surface area (Å²) < 4.78 is 36.9. The van der Waals surface area contributed by atoms with Crippen LogP contribution in [0.2, 0.25) is 0 Å². The Bertz CT molecular complexity index is 505. The van der Waals surface area contributed by atoms with Crippen molar-refractivity contribution in [3.05, 3.63) is 29.8 Å². The molecule has 1 aromatic carbocycles. The van der Waals surface area contributed by atoms with Gasteiger partial charge in [-0.25, -0.2) is 13.1 Å². The average Bonchev–Trinajstić information content (AvgIpc) is 2.50. The fraction of sp³-hybridized carbons (Fsp3) is 0.571. The molecular weight excluding hydrogens is 292 g/mol. The van der Waals surface area contributed by atoms with E-state index in [1.54, 1.807) is 31.4 Å². The summed E-state index contributed by atoms with van der Waals surface area (Å²) in [4.78, 5) is 0.252. The number of nitrogens with one attached hydrogen (secondary N) is 1. The molecule has 21 heavy (non-hydrogen) atoms. The molecule has 0 radical (unpaired) electrons. The van der Waals surface area contributed by atoms with Crippen LogP contribution in [0.25, 0.3) is 0 Å². The second-order valence-electron chi connectivity index (χ2n) is 4.56. The molecular formula is C14H24N2O4S. The van der Waals surface area contributed by atoms with Gasteiger partial charge in [0.1, 0.15) is 0 Å². The number of nitrogens with two attached hydrogens (primary N) is 1. The Balaban J connectivity index is 2.30. The Morgan fingerprint density at radius 1 is 1.19 bits per heavy atom. The molecule has 0 aliphatic carbocycles. The largest absolute Gasteiger partial charge is 0.382 e. The number of benzene rings is 1. The summed E-state index contributed by atoms with van der Waals surface area (Å²) in [6.45, 7) is 2.46. The Labute approximate surface area is 126 Å². The second-order valence-corrected chi connectivity index (χ2v) is 6.33. The maximum absolute atomic E-state index is 12.1. The third-order valence-corrected chi connectivity index (χ3v) is 4.34. The molecule has 0 unspecified atom stereocenters. The van der Waals surface area contributed by atoms with Gasteiger partial charge in [0.15, 0.2) is 0 Å². The molecule has 0 saturated carbocycles. The molecule has 1 rings (SSSR count). The summed E-state index contributed by atoms with van der Waals surface area (Å²) in [7, 11) is -1.84. The number of hydrogen-bond donors (Lipinski definition) is 2. The molecule has 7 heteroatoms. The third kappa shape index (κ3) is 7.01. The van der Waals surface area contributed by atoms with Crippen LogP contribution >= 0.6 is 0 Å². The minimum absolute atomic E-state index is 0.252. The van der Waals surface area contributed by atoms with Crippen molar-refractivity contribution in [3.63, 3.8) is 0 Å². The van der Waals surface area contributed by atoms with E-state index in [2.05, 4.69) is 4.72 Å². The zero-order valence-electron chi connectivity index (χ0n) is 12.4. The van der Waals surface area contributed by atoms with E-state index in [1.165, 1.54) is 0 Å². The molecule has 0 aromatic heterocycles. The molecule has 120 valence electrons. The predicted octanol–water partition coefficient (Wildman–Crippen LogP) is 0.867. The van der Waals surface area contributed by atoms with Crippen molar-refractivity contribution >= 4 is 10.0 Å². The topological polar surface area (TPSA) is 90.6 Å². The van der Waals surface area contributed by atoms with E-state index in [0.29, 0.717) is 32.9 Å². The van der Waals surface area contributed by atoms with Gasteiger partial charge in [-0.2, -0.15) is 0 Å². The van der Waals surface area contributed by atoms with E-state index in [1.807, 2.05) is 0 Å². The van der Waals surface area contributed by atoms with Crippen molar-refractivity contribution in [2.24, 2.45) is 5.73 Å². The van der Waals surface area contributed by atoms with Gasteiger partial charge in [0.25, 0.3) is 0 Å². The van der Waals surface area contributed by atoms with E-state index in [9.17, 15) is 8.42 Å². The minimum atomic E-state index is -3.46. The quantitative estimate of drug-likeness (QED) is 0.591. The van der Waals surface area contributed by atoms with Crippen LogP contribution in [0.3, 0.4) is 0 Å². The summed E-state index contributed by atoms with van der Waals surface area (Å²) in [5.41, 5.74) is 6.31. The normalized spacial score (nSPS) is 11.7. The zero-order valence-corrected chi connectivity index (χ0v) is 13.2. The van der Waals surface area contributed by atoms with Crippen LogP contribution in [0.15, 0.2) is 29.2 Å². The molecule has 3 N–H and O–H groups in total. The van der Waals surface area contributed by atoms with Gasteiger partial charge in [0.05, 0.1) is 18.1 Å². The summed E-state index contributed by atoms with van der Waals surface area (Å²) in [6, 6.07) is 6.66. The van der Waals surface area contributed by atoms with E-state index in [0.717, 1.165) is 18.4 Å². The molecule has 0 aliphatic heterocycles.